The molecule has 0 nitrogen and oxygen atoms in total. The molecular weight excluding hydrogens is 152 g/mol. The predicted molar refractivity (Wildman–Crippen MR) is 37.8 cm³/mol. The second-order valence-electron chi connectivity index (χ2n) is 2.25. The van der Waals surface area contributed by atoms with Gasteiger partial charge in [-0.05, 0) is 20.8 Å². The number of hydrogen-bond acceptors (Lipinski definition) is 0. The van der Waals surface area contributed by atoms with Gasteiger partial charge >= 0.3 is 0 Å². The van der Waals surface area contributed by atoms with Gasteiger partial charge in [-0.15, -0.1) is 0 Å². The minimum Gasteiger partial charge on any atom is -0.0988 e. The highest BCUT2D eigenvalue weighted by Gasteiger charge is 2.11. The molecule has 0 saturated heterocycles. The maximum Gasteiger partial charge on any atom is 0.0404 e. The first kappa shape index (κ1) is 7.22. The molecule has 0 saturated carbocycles. The summed E-state index contributed by atoms with van der Waals surface area (Å²) < 4.78 is 0.118. The second-order valence-corrected chi connectivity index (χ2v) is 4.24. The van der Waals surface area contributed by atoms with Crippen LogP contribution in [0.15, 0.2) is 12.2 Å². The Morgan fingerprint density at radius 3 is 1.71 bits per heavy atom. The van der Waals surface area contributed by atoms with E-state index >= 15 is 0 Å². The van der Waals surface area contributed by atoms with E-state index in [-0.39, 0.29) is 4.32 Å². The van der Waals surface area contributed by atoms with Gasteiger partial charge in [0.1, 0.15) is 0 Å². The first-order valence-corrected chi connectivity index (χ1v) is 3.09. The lowest BCUT2D eigenvalue weighted by Crippen LogP contribution is -2.08. The van der Waals surface area contributed by atoms with Crippen LogP contribution in [0, 0.1) is 0 Å². The van der Waals surface area contributed by atoms with E-state index in [1.165, 1.54) is 0 Å². The van der Waals surface area contributed by atoms with Crippen molar-refractivity contribution >= 4 is 15.9 Å². The molecule has 0 aliphatic carbocycles. The molecule has 0 atom stereocenters. The largest absolute Gasteiger partial charge is 0.0988 e. The Bertz CT molecular complexity index is 76.7. The number of allylic oxidation sites excluding steroid dienone is 1. The van der Waals surface area contributed by atoms with Crippen LogP contribution in [0.5, 0.6) is 0 Å². The van der Waals surface area contributed by atoms with Gasteiger partial charge in [0.15, 0.2) is 0 Å². The maximum absolute atomic E-state index is 3.78. The Hall–Kier alpha value is 0.220. The quantitative estimate of drug-likeness (QED) is 0.411. The van der Waals surface area contributed by atoms with Crippen molar-refractivity contribution in [2.45, 2.75) is 25.1 Å². The van der Waals surface area contributed by atoms with Crippen LogP contribution in [0.1, 0.15) is 20.8 Å². The van der Waals surface area contributed by atoms with Crippen LogP contribution in [0.25, 0.3) is 0 Å². The average molecular weight is 163 g/mol. The highest BCUT2D eigenvalue weighted by atomic mass is 79.9. The normalized spacial score (nSPS) is 11.4. The summed E-state index contributed by atoms with van der Waals surface area (Å²) in [5, 5.41) is 0. The minimum absolute atomic E-state index is 0.118. The summed E-state index contributed by atoms with van der Waals surface area (Å²) in [6.45, 7) is 9.95. The molecule has 0 aliphatic heterocycles. The van der Waals surface area contributed by atoms with Crippen LogP contribution in [-0.4, -0.2) is 4.32 Å². The van der Waals surface area contributed by atoms with Gasteiger partial charge in [0.2, 0.25) is 0 Å². The average Bonchev–Trinajstić information content (AvgIpc) is 1.31. The Labute approximate surface area is 53.7 Å². The molecular formula is C6H11Br. The number of alkyl halides is 1. The van der Waals surface area contributed by atoms with Crippen molar-refractivity contribution in [2.24, 2.45) is 0 Å². The Morgan fingerprint density at radius 1 is 1.57 bits per heavy atom. The monoisotopic (exact) mass is 162 g/mol. The molecule has 0 bridgehead atoms. The topological polar surface area (TPSA) is 0 Å². The van der Waals surface area contributed by atoms with Crippen molar-refractivity contribution in [3.05, 3.63) is 12.2 Å². The smallest absolute Gasteiger partial charge is 0.0404 e. The third-order valence-electron chi connectivity index (χ3n) is 1.01. The van der Waals surface area contributed by atoms with E-state index in [0.717, 1.165) is 5.57 Å². The summed E-state index contributed by atoms with van der Waals surface area (Å²) in [4.78, 5) is 0. The standard InChI is InChI=1S/C6H11Br/c1-5(2)6(3,4)7/h1H2,2-4H3. The fourth-order valence-corrected chi connectivity index (χ4v) is 0. The first-order valence-electron chi connectivity index (χ1n) is 2.29. The Balaban J connectivity index is 3.79. The summed E-state index contributed by atoms with van der Waals surface area (Å²) in [6, 6.07) is 0. The Morgan fingerprint density at radius 2 is 1.71 bits per heavy atom. The van der Waals surface area contributed by atoms with E-state index in [1.54, 1.807) is 0 Å². The fraction of sp³-hybridized carbons (Fsp3) is 0.667. The van der Waals surface area contributed by atoms with E-state index in [2.05, 4.69) is 36.4 Å². The lowest BCUT2D eigenvalue weighted by molar-refractivity contribution is 0.857. The summed E-state index contributed by atoms with van der Waals surface area (Å²) >= 11 is 3.44. The van der Waals surface area contributed by atoms with Gasteiger partial charge < -0.3 is 0 Å². The molecule has 0 aromatic heterocycles. The third-order valence-corrected chi connectivity index (χ3v) is 1.69. The summed E-state index contributed by atoms with van der Waals surface area (Å²) in [6.07, 6.45) is 0. The number of rotatable bonds is 1. The van der Waals surface area contributed by atoms with E-state index in [9.17, 15) is 0 Å². The van der Waals surface area contributed by atoms with Crippen molar-refractivity contribution in [1.82, 2.24) is 0 Å². The van der Waals surface area contributed by atoms with Crippen molar-refractivity contribution < 1.29 is 0 Å². The molecule has 0 aromatic carbocycles. The van der Waals surface area contributed by atoms with Gasteiger partial charge in [0, 0.05) is 4.32 Å². The molecule has 42 valence electrons. The van der Waals surface area contributed by atoms with Gasteiger partial charge in [0.05, 0.1) is 0 Å². The molecule has 0 rings (SSSR count). The minimum atomic E-state index is 0.118. The van der Waals surface area contributed by atoms with Crippen LogP contribution in [0.3, 0.4) is 0 Å². The van der Waals surface area contributed by atoms with Crippen molar-refractivity contribution in [1.29, 1.82) is 0 Å². The third kappa shape index (κ3) is 2.86. The SMILES string of the molecule is C=C(C)C(C)(C)Br. The van der Waals surface area contributed by atoms with Crippen molar-refractivity contribution in [2.75, 3.05) is 0 Å². The fourth-order valence-electron chi connectivity index (χ4n) is 0. The van der Waals surface area contributed by atoms with E-state index in [0.29, 0.717) is 0 Å². The van der Waals surface area contributed by atoms with Crippen LogP contribution in [0.4, 0.5) is 0 Å². The van der Waals surface area contributed by atoms with E-state index in [1.807, 2.05) is 6.92 Å². The highest BCUT2D eigenvalue weighted by molar-refractivity contribution is 9.10. The molecule has 0 unspecified atom stereocenters. The van der Waals surface area contributed by atoms with Crippen LogP contribution < -0.4 is 0 Å². The predicted octanol–water partition coefficient (Wildman–Crippen LogP) is 2.74. The molecule has 0 N–H and O–H groups in total. The molecule has 0 aromatic rings. The highest BCUT2D eigenvalue weighted by Crippen LogP contribution is 2.23. The van der Waals surface area contributed by atoms with Crippen molar-refractivity contribution in [3.63, 3.8) is 0 Å². The van der Waals surface area contributed by atoms with Gasteiger partial charge in [-0.3, -0.25) is 0 Å². The maximum atomic E-state index is 3.78. The lowest BCUT2D eigenvalue weighted by Gasteiger charge is -2.14. The second kappa shape index (κ2) is 1.99. The van der Waals surface area contributed by atoms with Gasteiger partial charge in [-0.2, -0.15) is 0 Å². The zero-order valence-corrected chi connectivity index (χ0v) is 6.67. The number of hydrogen-bond donors (Lipinski definition) is 0. The van der Waals surface area contributed by atoms with E-state index < -0.39 is 0 Å². The van der Waals surface area contributed by atoms with Crippen LogP contribution in [-0.2, 0) is 0 Å². The first-order chi connectivity index (χ1) is 2.94. The Kier molecular flexibility index (Phi) is 2.06. The summed E-state index contributed by atoms with van der Waals surface area (Å²) in [5.41, 5.74) is 1.16. The molecule has 0 spiro atoms. The van der Waals surface area contributed by atoms with Gasteiger partial charge in [-0.25, -0.2) is 0 Å². The summed E-state index contributed by atoms with van der Waals surface area (Å²) in [7, 11) is 0. The van der Waals surface area contributed by atoms with Gasteiger partial charge in [-0.1, -0.05) is 28.1 Å². The van der Waals surface area contributed by atoms with Crippen LogP contribution >= 0.6 is 15.9 Å². The zero-order valence-electron chi connectivity index (χ0n) is 5.09. The van der Waals surface area contributed by atoms with Crippen molar-refractivity contribution in [3.8, 4) is 0 Å². The lowest BCUT2D eigenvalue weighted by atomic mass is 10.1. The zero-order chi connectivity index (χ0) is 6.08. The van der Waals surface area contributed by atoms with E-state index in [4.69, 9.17) is 0 Å². The van der Waals surface area contributed by atoms with Gasteiger partial charge in [0.25, 0.3) is 0 Å². The molecule has 0 heterocycles. The molecule has 0 radical (unpaired) electrons. The summed E-state index contributed by atoms with van der Waals surface area (Å²) in [5.74, 6) is 0. The van der Waals surface area contributed by atoms with Crippen LogP contribution in [0.2, 0.25) is 0 Å². The molecule has 0 amide bonds. The molecule has 0 aliphatic rings. The molecule has 7 heavy (non-hydrogen) atoms. The number of halogens is 1. The molecule has 1 heteroatoms. The molecule has 0 fully saturated rings.